The predicted octanol–water partition coefficient (Wildman–Crippen LogP) is 1.36. The van der Waals surface area contributed by atoms with Crippen molar-refractivity contribution in [2.75, 3.05) is 13.2 Å². The van der Waals surface area contributed by atoms with Gasteiger partial charge in [-0.15, -0.1) is 0 Å². The van der Waals surface area contributed by atoms with Crippen LogP contribution in [0.5, 0.6) is 0 Å². The molecule has 128 valence electrons. The van der Waals surface area contributed by atoms with Crippen molar-refractivity contribution in [3.05, 3.63) is 41.6 Å². The van der Waals surface area contributed by atoms with E-state index < -0.39 is 48.6 Å². The van der Waals surface area contributed by atoms with Gasteiger partial charge in [-0.3, -0.25) is 14.6 Å². The van der Waals surface area contributed by atoms with Crippen LogP contribution in [0, 0.1) is 0 Å². The van der Waals surface area contributed by atoms with Crippen LogP contribution in [-0.2, 0) is 11.0 Å². The average Bonchev–Trinajstić information content (AvgIpc) is 2.54. The maximum atomic E-state index is 13.5. The van der Waals surface area contributed by atoms with Crippen LogP contribution in [0.4, 0.5) is 13.2 Å². The Balaban J connectivity index is 2.07. The van der Waals surface area contributed by atoms with Crippen LogP contribution < -0.4 is 0 Å². The number of hydrogen-bond donors (Lipinski definition) is 2. The smallest absolute Gasteiger partial charge is 0.388 e. The van der Waals surface area contributed by atoms with E-state index in [-0.39, 0.29) is 10.9 Å². The number of amides is 1. The molecule has 2 N–H and O–H groups in total. The number of rotatable bonds is 1. The lowest BCUT2D eigenvalue weighted by Gasteiger charge is -2.32. The van der Waals surface area contributed by atoms with Crippen LogP contribution in [0.25, 0.3) is 10.9 Å². The monoisotopic (exact) mass is 342 g/mol. The number of hydroxylamine groups is 2. The molecule has 0 spiro atoms. The van der Waals surface area contributed by atoms with E-state index in [1.54, 1.807) is 6.07 Å². The number of carbonyl (C=O) groups excluding carboxylic acids is 1. The quantitative estimate of drug-likeness (QED) is 0.818. The first-order valence-electron chi connectivity index (χ1n) is 7.05. The molecule has 24 heavy (non-hydrogen) atoms. The summed E-state index contributed by atoms with van der Waals surface area (Å²) in [6.45, 7) is -0.834. The highest BCUT2D eigenvalue weighted by Crippen LogP contribution is 2.37. The molecule has 0 bridgehead atoms. The molecule has 1 aliphatic heterocycles. The molecular weight excluding hydrogens is 329 g/mol. The molecule has 0 saturated carbocycles. The van der Waals surface area contributed by atoms with Crippen molar-refractivity contribution in [2.24, 2.45) is 0 Å². The Morgan fingerprint density at radius 3 is 2.62 bits per heavy atom. The molecule has 3 rings (SSSR count). The molecular formula is C15H13F3N2O4. The molecule has 0 unspecified atom stereocenters. The van der Waals surface area contributed by atoms with Gasteiger partial charge in [-0.2, -0.15) is 13.2 Å². The number of benzene rings is 1. The number of aliphatic hydroxyl groups excluding tert-OH is 2. The minimum Gasteiger partial charge on any atom is -0.388 e. The van der Waals surface area contributed by atoms with Crippen molar-refractivity contribution in [1.82, 2.24) is 10.0 Å². The normalized spacial score (nSPS) is 22.0. The van der Waals surface area contributed by atoms with Gasteiger partial charge in [-0.05, 0) is 6.07 Å². The molecule has 1 aromatic heterocycles. The Morgan fingerprint density at radius 2 is 1.96 bits per heavy atom. The van der Waals surface area contributed by atoms with E-state index in [4.69, 9.17) is 4.84 Å². The van der Waals surface area contributed by atoms with Crippen LogP contribution in [0.2, 0.25) is 0 Å². The third kappa shape index (κ3) is 2.93. The van der Waals surface area contributed by atoms with E-state index >= 15 is 0 Å². The summed E-state index contributed by atoms with van der Waals surface area (Å²) in [7, 11) is 0. The zero-order valence-electron chi connectivity index (χ0n) is 12.2. The molecule has 2 heterocycles. The van der Waals surface area contributed by atoms with Crippen molar-refractivity contribution < 1.29 is 33.0 Å². The fraction of sp³-hybridized carbons (Fsp3) is 0.333. The zero-order valence-corrected chi connectivity index (χ0v) is 12.2. The van der Waals surface area contributed by atoms with Gasteiger partial charge in [-0.1, -0.05) is 18.2 Å². The van der Waals surface area contributed by atoms with E-state index in [0.29, 0.717) is 5.06 Å². The number of hydrogen-bond acceptors (Lipinski definition) is 5. The third-order valence-electron chi connectivity index (χ3n) is 3.71. The second-order valence-electron chi connectivity index (χ2n) is 5.36. The van der Waals surface area contributed by atoms with Crippen LogP contribution in [0.1, 0.15) is 15.9 Å². The van der Waals surface area contributed by atoms with Gasteiger partial charge >= 0.3 is 6.18 Å². The molecule has 1 aromatic carbocycles. The first-order valence-corrected chi connectivity index (χ1v) is 7.05. The highest BCUT2D eigenvalue weighted by atomic mass is 19.4. The molecule has 6 nitrogen and oxygen atoms in total. The topological polar surface area (TPSA) is 82.9 Å². The fourth-order valence-corrected chi connectivity index (χ4v) is 2.51. The van der Waals surface area contributed by atoms with E-state index in [2.05, 4.69) is 4.98 Å². The number of nitrogens with zero attached hydrogens (tertiary/aromatic N) is 2. The predicted molar refractivity (Wildman–Crippen MR) is 75.7 cm³/mol. The number of para-hydroxylation sites is 1. The Morgan fingerprint density at radius 1 is 1.25 bits per heavy atom. The number of aliphatic hydroxyl groups is 2. The van der Waals surface area contributed by atoms with Crippen LogP contribution in [-0.4, -0.2) is 51.5 Å². The molecule has 2 aromatic rings. The van der Waals surface area contributed by atoms with Crippen LogP contribution in [0.3, 0.4) is 0 Å². The van der Waals surface area contributed by atoms with Crippen LogP contribution in [0.15, 0.2) is 30.5 Å². The van der Waals surface area contributed by atoms with Gasteiger partial charge in [-0.25, -0.2) is 5.06 Å². The first kappa shape index (κ1) is 16.6. The van der Waals surface area contributed by atoms with Gasteiger partial charge in [0.2, 0.25) is 0 Å². The Labute approximate surface area is 134 Å². The van der Waals surface area contributed by atoms with Gasteiger partial charge in [0.1, 0.15) is 18.8 Å². The number of alkyl halides is 3. The Hall–Kier alpha value is -2.23. The lowest BCUT2D eigenvalue weighted by Crippen LogP contribution is -2.50. The highest BCUT2D eigenvalue weighted by Gasteiger charge is 2.40. The van der Waals surface area contributed by atoms with Crippen LogP contribution >= 0.6 is 0 Å². The number of halogens is 3. The molecule has 1 fully saturated rings. The lowest BCUT2D eigenvalue weighted by atomic mass is 10.0. The molecule has 0 radical (unpaired) electrons. The first-order chi connectivity index (χ1) is 11.3. The molecule has 0 aliphatic carbocycles. The molecule has 1 aliphatic rings. The summed E-state index contributed by atoms with van der Waals surface area (Å²) >= 11 is 0. The summed E-state index contributed by atoms with van der Waals surface area (Å²) in [4.78, 5) is 21.3. The van der Waals surface area contributed by atoms with Gasteiger partial charge in [0.05, 0.1) is 23.2 Å². The van der Waals surface area contributed by atoms with Crippen molar-refractivity contribution in [1.29, 1.82) is 0 Å². The van der Waals surface area contributed by atoms with Gasteiger partial charge in [0.25, 0.3) is 5.91 Å². The minimum atomic E-state index is -4.78. The summed E-state index contributed by atoms with van der Waals surface area (Å²) < 4.78 is 40.5. The highest BCUT2D eigenvalue weighted by molar-refractivity contribution is 6.00. The van der Waals surface area contributed by atoms with Crippen molar-refractivity contribution >= 4 is 16.8 Å². The van der Waals surface area contributed by atoms with E-state index in [1.807, 2.05) is 0 Å². The summed E-state index contributed by atoms with van der Waals surface area (Å²) in [5, 5.41) is 19.4. The Bertz CT molecular complexity index is 781. The fourth-order valence-electron chi connectivity index (χ4n) is 2.51. The molecule has 1 amide bonds. The second kappa shape index (κ2) is 6.00. The molecule has 1 saturated heterocycles. The Kier molecular flexibility index (Phi) is 4.16. The average molecular weight is 342 g/mol. The summed E-state index contributed by atoms with van der Waals surface area (Å²) in [6.07, 6.45) is -6.44. The number of β-amino-alcohol motifs (C(OH)–C–C–N with tert-alkyl or cyclic N) is 1. The van der Waals surface area contributed by atoms with Gasteiger partial charge < -0.3 is 10.2 Å². The van der Waals surface area contributed by atoms with E-state index in [0.717, 1.165) is 6.20 Å². The summed E-state index contributed by atoms with van der Waals surface area (Å²) in [6, 6.07) is 5.61. The number of fused-ring (bicyclic) bond motifs is 1. The van der Waals surface area contributed by atoms with Gasteiger partial charge in [0.15, 0.2) is 0 Å². The summed E-state index contributed by atoms with van der Waals surface area (Å²) in [5.41, 5.74) is -1.68. The maximum absolute atomic E-state index is 13.5. The van der Waals surface area contributed by atoms with Crippen molar-refractivity contribution in [2.45, 2.75) is 18.4 Å². The minimum absolute atomic E-state index is 0.108. The number of pyridine rings is 1. The van der Waals surface area contributed by atoms with E-state index in [9.17, 15) is 28.2 Å². The third-order valence-corrected chi connectivity index (χ3v) is 3.71. The van der Waals surface area contributed by atoms with Crippen molar-refractivity contribution in [3.8, 4) is 0 Å². The zero-order chi connectivity index (χ0) is 17.5. The summed E-state index contributed by atoms with van der Waals surface area (Å²) in [5.74, 6) is -1.08. The van der Waals surface area contributed by atoms with E-state index in [1.165, 1.54) is 18.2 Å². The SMILES string of the molecule is O=C(c1cnc2ccccc2c1C(F)(F)F)N1C[C@H](O)[C@H](O)CO1. The lowest BCUT2D eigenvalue weighted by molar-refractivity contribution is -0.212. The number of carbonyl (C=O) groups is 1. The molecule has 9 heteroatoms. The standard InChI is InChI=1S/C15H13F3N2O4/c16-15(17,18)13-8-3-1-2-4-10(8)19-5-9(13)14(23)20-6-11(21)12(22)7-24-20/h1-5,11-12,21-22H,6-7H2/t11-,12+/m0/s1. The maximum Gasteiger partial charge on any atom is 0.417 e. The van der Waals surface area contributed by atoms with Gasteiger partial charge in [0, 0.05) is 11.6 Å². The van der Waals surface area contributed by atoms with Crippen molar-refractivity contribution in [3.63, 3.8) is 0 Å². The largest absolute Gasteiger partial charge is 0.417 e. The second-order valence-corrected chi connectivity index (χ2v) is 5.36. The molecule has 2 atom stereocenters. The number of aromatic nitrogens is 1.